The van der Waals surface area contributed by atoms with E-state index in [0.29, 0.717) is 18.0 Å². The first-order valence-corrected chi connectivity index (χ1v) is 11.7. The van der Waals surface area contributed by atoms with Gasteiger partial charge in [0.25, 0.3) is 5.91 Å². The molecule has 0 spiro atoms. The highest BCUT2D eigenvalue weighted by atomic mass is 16.5. The van der Waals surface area contributed by atoms with Crippen molar-refractivity contribution in [1.29, 1.82) is 0 Å². The van der Waals surface area contributed by atoms with Crippen LogP contribution in [0.5, 0.6) is 5.75 Å². The lowest BCUT2D eigenvalue weighted by molar-refractivity contribution is 0.0992. The third kappa shape index (κ3) is 4.57. The number of anilines is 1. The molecule has 6 heteroatoms. The molecule has 0 saturated heterocycles. The maximum absolute atomic E-state index is 12.7. The molecule has 0 atom stereocenters. The molecule has 0 aliphatic carbocycles. The van der Waals surface area contributed by atoms with Crippen molar-refractivity contribution in [2.45, 2.75) is 13.2 Å². The van der Waals surface area contributed by atoms with E-state index in [1.54, 1.807) is 18.3 Å². The Labute approximate surface area is 207 Å². The minimum absolute atomic E-state index is 0.217. The van der Waals surface area contributed by atoms with E-state index >= 15 is 0 Å². The first-order chi connectivity index (χ1) is 17.7. The number of nitrogens with zero attached hydrogens (tertiary/aromatic N) is 2. The Kier molecular flexibility index (Phi) is 5.68. The Morgan fingerprint density at radius 2 is 1.67 bits per heavy atom. The number of carbonyl (C=O) groups is 1. The van der Waals surface area contributed by atoms with Crippen molar-refractivity contribution >= 4 is 33.1 Å². The third-order valence-corrected chi connectivity index (χ3v) is 6.09. The molecule has 4 aromatic carbocycles. The molecule has 6 aromatic rings. The second-order valence-corrected chi connectivity index (χ2v) is 8.58. The number of benzene rings is 4. The molecule has 0 unspecified atom stereocenters. The monoisotopic (exact) mass is 473 g/mol. The first-order valence-electron chi connectivity index (χ1n) is 11.7. The van der Waals surface area contributed by atoms with Crippen molar-refractivity contribution in [1.82, 2.24) is 9.78 Å². The maximum Gasteiger partial charge on any atom is 0.291 e. The van der Waals surface area contributed by atoms with Gasteiger partial charge in [0.15, 0.2) is 5.76 Å². The van der Waals surface area contributed by atoms with Gasteiger partial charge in [0.05, 0.1) is 18.4 Å². The summed E-state index contributed by atoms with van der Waals surface area (Å²) >= 11 is 0. The number of hydrogen-bond donors (Lipinski definition) is 1. The average Bonchev–Trinajstić information content (AvgIpc) is 3.57. The fourth-order valence-corrected chi connectivity index (χ4v) is 4.30. The molecule has 0 saturated carbocycles. The highest BCUT2D eigenvalue weighted by molar-refractivity contribution is 6.02. The molecule has 2 aromatic heterocycles. The quantitative estimate of drug-likeness (QED) is 0.281. The Morgan fingerprint density at radius 1 is 0.861 bits per heavy atom. The largest absolute Gasteiger partial charge is 0.486 e. The van der Waals surface area contributed by atoms with Crippen LogP contribution in [0.3, 0.4) is 0 Å². The molecule has 36 heavy (non-hydrogen) atoms. The summed E-state index contributed by atoms with van der Waals surface area (Å²) in [4.78, 5) is 12.7. The summed E-state index contributed by atoms with van der Waals surface area (Å²) in [5.74, 6) is 1.19. The number of nitrogens with one attached hydrogen (secondary N) is 1. The molecular formula is C30H23N3O3. The fraction of sp³-hybridized carbons (Fsp3) is 0.0667. The second-order valence-electron chi connectivity index (χ2n) is 8.58. The minimum Gasteiger partial charge on any atom is -0.486 e. The van der Waals surface area contributed by atoms with Crippen LogP contribution in [0.4, 0.5) is 5.69 Å². The number of aromatic nitrogens is 2. The molecule has 0 aliphatic rings. The highest BCUT2D eigenvalue weighted by Gasteiger charge is 2.13. The molecule has 0 fully saturated rings. The summed E-state index contributed by atoms with van der Waals surface area (Å²) in [5.41, 5.74) is 1.77. The predicted octanol–water partition coefficient (Wildman–Crippen LogP) is 6.66. The smallest absolute Gasteiger partial charge is 0.291 e. The van der Waals surface area contributed by atoms with Crippen LogP contribution in [0, 0.1) is 0 Å². The van der Waals surface area contributed by atoms with Crippen LogP contribution >= 0.6 is 0 Å². The highest BCUT2D eigenvalue weighted by Crippen LogP contribution is 2.23. The molecule has 176 valence electrons. The van der Waals surface area contributed by atoms with Crippen LogP contribution in [-0.2, 0) is 13.2 Å². The van der Waals surface area contributed by atoms with Gasteiger partial charge < -0.3 is 14.5 Å². The zero-order valence-electron chi connectivity index (χ0n) is 19.4. The zero-order chi connectivity index (χ0) is 24.3. The molecular weight excluding hydrogens is 450 g/mol. The Balaban J connectivity index is 1.08. The Morgan fingerprint density at radius 3 is 2.58 bits per heavy atom. The number of rotatable bonds is 7. The average molecular weight is 474 g/mol. The zero-order valence-corrected chi connectivity index (χ0v) is 19.4. The summed E-state index contributed by atoms with van der Waals surface area (Å²) in [5, 5.41) is 11.9. The number of amides is 1. The third-order valence-electron chi connectivity index (χ3n) is 6.09. The van der Waals surface area contributed by atoms with E-state index < -0.39 is 0 Å². The normalized spacial score (nSPS) is 11.1. The molecule has 2 heterocycles. The van der Waals surface area contributed by atoms with Crippen molar-refractivity contribution in [3.05, 3.63) is 127 Å². The number of furan rings is 1. The Bertz CT molecular complexity index is 1680. The van der Waals surface area contributed by atoms with Gasteiger partial charge in [-0.2, -0.15) is 5.10 Å². The molecule has 1 amide bonds. The predicted molar refractivity (Wildman–Crippen MR) is 140 cm³/mol. The van der Waals surface area contributed by atoms with Gasteiger partial charge in [-0.25, -0.2) is 0 Å². The van der Waals surface area contributed by atoms with E-state index in [4.69, 9.17) is 9.15 Å². The lowest BCUT2D eigenvalue weighted by Gasteiger charge is -2.06. The molecule has 6 rings (SSSR count). The van der Waals surface area contributed by atoms with Crippen LogP contribution in [0.25, 0.3) is 21.5 Å². The number of carbonyl (C=O) groups excluding carboxylic acids is 1. The van der Waals surface area contributed by atoms with Gasteiger partial charge in [-0.1, -0.05) is 72.8 Å². The molecule has 6 nitrogen and oxygen atoms in total. The summed E-state index contributed by atoms with van der Waals surface area (Å²) in [6.07, 6.45) is 3.45. The summed E-state index contributed by atoms with van der Waals surface area (Å²) in [6.45, 7) is 0.836. The molecule has 1 N–H and O–H groups in total. The SMILES string of the molecule is O=C(Nc1cnn(Cc2cccc3ccccc23)c1)c1ccc(COc2ccc3ccccc3c2)o1. The second kappa shape index (κ2) is 9.43. The topological polar surface area (TPSA) is 69.3 Å². The van der Waals surface area contributed by atoms with E-state index in [-0.39, 0.29) is 18.3 Å². The summed E-state index contributed by atoms with van der Waals surface area (Å²) in [6, 6.07) is 31.9. The first kappa shape index (κ1) is 21.7. The van der Waals surface area contributed by atoms with Crippen molar-refractivity contribution in [3.8, 4) is 5.75 Å². The van der Waals surface area contributed by atoms with Crippen molar-refractivity contribution in [3.63, 3.8) is 0 Å². The molecule has 0 radical (unpaired) electrons. The van der Waals surface area contributed by atoms with Gasteiger partial charge >= 0.3 is 0 Å². The van der Waals surface area contributed by atoms with Crippen molar-refractivity contribution in [2.24, 2.45) is 0 Å². The van der Waals surface area contributed by atoms with Gasteiger partial charge in [0.2, 0.25) is 0 Å². The number of ether oxygens (including phenoxy) is 1. The van der Waals surface area contributed by atoms with Gasteiger partial charge in [-0.05, 0) is 51.4 Å². The summed E-state index contributed by atoms with van der Waals surface area (Å²) < 4.78 is 13.4. The van der Waals surface area contributed by atoms with Gasteiger partial charge in [0.1, 0.15) is 18.1 Å². The minimum atomic E-state index is -0.336. The van der Waals surface area contributed by atoms with Crippen LogP contribution in [0.2, 0.25) is 0 Å². The molecule has 0 aliphatic heterocycles. The van der Waals surface area contributed by atoms with Crippen LogP contribution in [0.15, 0.2) is 114 Å². The Hall–Kier alpha value is -4.84. The van der Waals surface area contributed by atoms with E-state index in [2.05, 4.69) is 40.7 Å². The van der Waals surface area contributed by atoms with E-state index in [0.717, 1.165) is 22.1 Å². The lowest BCUT2D eigenvalue weighted by Crippen LogP contribution is -2.10. The standard InChI is InChI=1S/C30H23N3O3/c34-30(29-15-14-27(36-29)20-35-26-13-12-21-6-1-2-8-23(21)16-26)32-25-17-31-33(19-25)18-24-10-5-9-22-7-3-4-11-28(22)24/h1-17,19H,18,20H2,(H,32,34). The van der Waals surface area contributed by atoms with Crippen molar-refractivity contribution in [2.75, 3.05) is 5.32 Å². The number of fused-ring (bicyclic) bond motifs is 2. The van der Waals surface area contributed by atoms with E-state index in [9.17, 15) is 4.79 Å². The summed E-state index contributed by atoms with van der Waals surface area (Å²) in [7, 11) is 0. The maximum atomic E-state index is 12.7. The molecule has 0 bridgehead atoms. The van der Waals surface area contributed by atoms with Crippen LogP contribution < -0.4 is 10.1 Å². The van der Waals surface area contributed by atoms with Gasteiger partial charge in [-0.3, -0.25) is 9.48 Å². The number of hydrogen-bond acceptors (Lipinski definition) is 4. The fourth-order valence-electron chi connectivity index (χ4n) is 4.30. The van der Waals surface area contributed by atoms with E-state index in [1.165, 1.54) is 10.8 Å². The van der Waals surface area contributed by atoms with E-state index in [1.807, 2.05) is 65.5 Å². The van der Waals surface area contributed by atoms with Gasteiger partial charge in [0, 0.05) is 6.20 Å². The lowest BCUT2D eigenvalue weighted by atomic mass is 10.0. The van der Waals surface area contributed by atoms with Crippen LogP contribution in [-0.4, -0.2) is 15.7 Å². The van der Waals surface area contributed by atoms with Crippen LogP contribution in [0.1, 0.15) is 21.9 Å². The van der Waals surface area contributed by atoms with Gasteiger partial charge in [-0.15, -0.1) is 0 Å². The van der Waals surface area contributed by atoms with Crippen molar-refractivity contribution < 1.29 is 13.9 Å².